The Hall–Kier alpha value is -3.33. The molecule has 1 fully saturated rings. The van der Waals surface area contributed by atoms with E-state index >= 15 is 4.39 Å². The predicted octanol–water partition coefficient (Wildman–Crippen LogP) is 4.76. The Morgan fingerprint density at radius 1 is 1.14 bits per heavy atom. The van der Waals surface area contributed by atoms with E-state index in [1.54, 1.807) is 12.1 Å². The number of benzene rings is 1. The van der Waals surface area contributed by atoms with Gasteiger partial charge < -0.3 is 0 Å². The molecule has 0 atom stereocenters. The number of hydrogen-bond donors (Lipinski definition) is 0. The van der Waals surface area contributed by atoms with Gasteiger partial charge in [0.2, 0.25) is 0 Å². The minimum atomic E-state index is -0.644. The van der Waals surface area contributed by atoms with Crippen LogP contribution in [0, 0.1) is 23.0 Å². The second kappa shape index (κ2) is 6.38. The van der Waals surface area contributed by atoms with Gasteiger partial charge in [-0.3, -0.25) is 4.99 Å². The zero-order valence-electron chi connectivity index (χ0n) is 15.0. The first-order valence-electron chi connectivity index (χ1n) is 9.27. The van der Waals surface area contributed by atoms with Crippen LogP contribution in [0.4, 0.5) is 8.78 Å². The molecule has 28 heavy (non-hydrogen) atoms. The van der Waals surface area contributed by atoms with Gasteiger partial charge in [0, 0.05) is 11.8 Å². The molecule has 2 aromatic rings. The Kier molecular flexibility index (Phi) is 3.83. The van der Waals surface area contributed by atoms with Crippen molar-refractivity contribution in [1.82, 2.24) is 9.78 Å². The van der Waals surface area contributed by atoms with Crippen molar-refractivity contribution in [3.8, 4) is 11.8 Å². The van der Waals surface area contributed by atoms with Gasteiger partial charge >= 0.3 is 0 Å². The highest BCUT2D eigenvalue weighted by atomic mass is 19.1. The topological polar surface area (TPSA) is 54.0 Å². The molecule has 3 aliphatic rings. The molecule has 1 aromatic carbocycles. The summed E-state index contributed by atoms with van der Waals surface area (Å²) in [5.74, 6) is -1.04. The fraction of sp³-hybridized carbons (Fsp3) is 0.227. The molecule has 2 aliphatic carbocycles. The standard InChI is InChI=1S/C22H16F2N4/c23-18-11-17(5-3-16(18)12-25)28-22(21(24)20(27-28)9-13-1-2-13)15-4-6-19-14(10-15)7-8-26-19/h3,5,7,9-11H,1-2,4,6,8H2. The molecule has 138 valence electrons. The van der Waals surface area contributed by atoms with Crippen LogP contribution in [0.5, 0.6) is 0 Å². The van der Waals surface area contributed by atoms with E-state index in [1.165, 1.54) is 16.8 Å². The number of nitrogens with zero attached hydrogens (tertiary/aromatic N) is 4. The molecule has 0 amide bonds. The summed E-state index contributed by atoms with van der Waals surface area (Å²) in [7, 11) is 0. The number of aromatic nitrogens is 2. The van der Waals surface area contributed by atoms with Gasteiger partial charge in [-0.2, -0.15) is 10.4 Å². The summed E-state index contributed by atoms with van der Waals surface area (Å²) in [6.07, 6.45) is 9.08. The average molecular weight is 374 g/mol. The van der Waals surface area contributed by atoms with Crippen LogP contribution >= 0.6 is 0 Å². The highest BCUT2D eigenvalue weighted by molar-refractivity contribution is 6.08. The van der Waals surface area contributed by atoms with E-state index in [9.17, 15) is 4.39 Å². The lowest BCUT2D eigenvalue weighted by Gasteiger charge is -2.17. The van der Waals surface area contributed by atoms with Gasteiger partial charge in [-0.25, -0.2) is 13.5 Å². The molecule has 0 unspecified atom stereocenters. The van der Waals surface area contributed by atoms with E-state index in [-0.39, 0.29) is 11.3 Å². The highest BCUT2D eigenvalue weighted by Gasteiger charge is 2.26. The third-order valence-electron chi connectivity index (χ3n) is 5.24. The van der Waals surface area contributed by atoms with Crippen molar-refractivity contribution >= 4 is 17.4 Å². The summed E-state index contributed by atoms with van der Waals surface area (Å²) in [4.78, 5) is 4.45. The third-order valence-corrected chi connectivity index (χ3v) is 5.24. The molecule has 1 aliphatic heterocycles. The van der Waals surface area contributed by atoms with Crippen molar-refractivity contribution in [1.29, 1.82) is 5.26 Å². The van der Waals surface area contributed by atoms with Crippen LogP contribution in [0.1, 0.15) is 42.6 Å². The smallest absolute Gasteiger partial charge is 0.176 e. The number of nitriles is 1. The maximum Gasteiger partial charge on any atom is 0.176 e. The second-order valence-electron chi connectivity index (χ2n) is 7.15. The largest absolute Gasteiger partial charge is 0.285 e. The summed E-state index contributed by atoms with van der Waals surface area (Å²) in [5, 5.41) is 13.4. The van der Waals surface area contributed by atoms with Crippen LogP contribution in [0.3, 0.4) is 0 Å². The molecule has 0 spiro atoms. The van der Waals surface area contributed by atoms with E-state index in [0.29, 0.717) is 24.3 Å². The van der Waals surface area contributed by atoms with Crippen LogP contribution in [0.15, 0.2) is 46.5 Å². The zero-order chi connectivity index (χ0) is 19.3. The molecule has 1 aromatic heterocycles. The lowest BCUT2D eigenvalue weighted by Crippen LogP contribution is -2.10. The Balaban J connectivity index is 1.68. The van der Waals surface area contributed by atoms with Gasteiger partial charge in [0.1, 0.15) is 23.3 Å². The molecule has 4 nitrogen and oxygen atoms in total. The molecule has 2 heterocycles. The van der Waals surface area contributed by atoms with E-state index < -0.39 is 11.6 Å². The van der Waals surface area contributed by atoms with Crippen LogP contribution in [0.2, 0.25) is 0 Å². The predicted molar refractivity (Wildman–Crippen MR) is 103 cm³/mol. The second-order valence-corrected chi connectivity index (χ2v) is 7.15. The number of aliphatic imine (C=N–C) groups is 1. The lowest BCUT2D eigenvalue weighted by atomic mass is 9.92. The molecule has 5 rings (SSSR count). The van der Waals surface area contributed by atoms with Crippen molar-refractivity contribution in [2.24, 2.45) is 4.99 Å². The first-order valence-corrected chi connectivity index (χ1v) is 9.27. The summed E-state index contributed by atoms with van der Waals surface area (Å²) in [6, 6.07) is 6.03. The number of allylic oxidation sites excluding steroid dienone is 4. The van der Waals surface area contributed by atoms with Gasteiger partial charge in [0.05, 0.1) is 17.8 Å². The van der Waals surface area contributed by atoms with Crippen LogP contribution in [-0.2, 0) is 0 Å². The SMILES string of the molecule is N#Cc1ccc(-n2nc(C=C3CC3)c(F)c2C2=CC3=CCN=C3CC2)cc1F. The minimum absolute atomic E-state index is 0.0490. The lowest BCUT2D eigenvalue weighted by molar-refractivity contribution is 0.615. The maximum absolute atomic E-state index is 15.4. The van der Waals surface area contributed by atoms with Gasteiger partial charge in [-0.15, -0.1) is 0 Å². The van der Waals surface area contributed by atoms with Crippen molar-refractivity contribution in [3.63, 3.8) is 0 Å². The van der Waals surface area contributed by atoms with Crippen molar-refractivity contribution in [2.45, 2.75) is 25.7 Å². The molecule has 0 radical (unpaired) electrons. The Labute approximate surface area is 160 Å². The fourth-order valence-electron chi connectivity index (χ4n) is 3.64. The molecule has 6 heteroatoms. The van der Waals surface area contributed by atoms with Crippen molar-refractivity contribution in [3.05, 3.63) is 70.1 Å². The maximum atomic E-state index is 15.4. The Morgan fingerprint density at radius 3 is 2.75 bits per heavy atom. The molecule has 0 saturated heterocycles. The normalized spacial score (nSPS) is 17.5. The van der Waals surface area contributed by atoms with Gasteiger partial charge in [-0.1, -0.05) is 11.6 Å². The number of fused-ring (bicyclic) bond motifs is 1. The minimum Gasteiger partial charge on any atom is -0.285 e. The highest BCUT2D eigenvalue weighted by Crippen LogP contribution is 2.36. The van der Waals surface area contributed by atoms with E-state index in [2.05, 4.69) is 10.1 Å². The van der Waals surface area contributed by atoms with E-state index in [4.69, 9.17) is 5.26 Å². The summed E-state index contributed by atoms with van der Waals surface area (Å²) in [6.45, 7) is 0.661. The number of hydrogen-bond acceptors (Lipinski definition) is 3. The molecular formula is C22H16F2N4. The Bertz CT molecular complexity index is 1170. The van der Waals surface area contributed by atoms with Crippen LogP contribution in [0.25, 0.3) is 17.3 Å². The molecule has 0 bridgehead atoms. The van der Waals surface area contributed by atoms with Gasteiger partial charge in [-0.05, 0) is 61.1 Å². The first-order chi connectivity index (χ1) is 13.6. The molecule has 0 N–H and O–H groups in total. The zero-order valence-corrected chi connectivity index (χ0v) is 15.0. The molecular weight excluding hydrogens is 358 g/mol. The first kappa shape index (κ1) is 16.8. The van der Waals surface area contributed by atoms with Gasteiger partial charge in [0.25, 0.3) is 0 Å². The van der Waals surface area contributed by atoms with Crippen LogP contribution in [-0.4, -0.2) is 22.0 Å². The van der Waals surface area contributed by atoms with E-state index in [0.717, 1.165) is 41.7 Å². The fourth-order valence-corrected chi connectivity index (χ4v) is 3.64. The van der Waals surface area contributed by atoms with Crippen molar-refractivity contribution < 1.29 is 8.78 Å². The van der Waals surface area contributed by atoms with Crippen LogP contribution < -0.4 is 0 Å². The Morgan fingerprint density at radius 2 is 2.00 bits per heavy atom. The van der Waals surface area contributed by atoms with Crippen molar-refractivity contribution in [2.75, 3.05) is 6.54 Å². The monoisotopic (exact) mass is 374 g/mol. The number of halogens is 2. The summed E-state index contributed by atoms with van der Waals surface area (Å²) >= 11 is 0. The third kappa shape index (κ3) is 2.80. The summed E-state index contributed by atoms with van der Waals surface area (Å²) < 4.78 is 31.0. The molecule has 1 saturated carbocycles. The number of rotatable bonds is 3. The average Bonchev–Trinajstić information content (AvgIpc) is 3.29. The van der Waals surface area contributed by atoms with Gasteiger partial charge in [0.15, 0.2) is 5.82 Å². The summed E-state index contributed by atoms with van der Waals surface area (Å²) in [5.41, 5.74) is 5.03. The quantitative estimate of drug-likeness (QED) is 0.778. The van der Waals surface area contributed by atoms with E-state index in [1.807, 2.05) is 18.2 Å².